The van der Waals surface area contributed by atoms with E-state index >= 15 is 0 Å². The zero-order valence-electron chi connectivity index (χ0n) is 16.8. The molecule has 0 atom stereocenters. The lowest BCUT2D eigenvalue weighted by molar-refractivity contribution is 0.129. The first-order valence-corrected chi connectivity index (χ1v) is 9.98. The summed E-state index contributed by atoms with van der Waals surface area (Å²) in [5.41, 5.74) is 0. The van der Waals surface area contributed by atoms with Gasteiger partial charge < -0.3 is 19.4 Å². The third-order valence-corrected chi connectivity index (χ3v) is 4.63. The van der Waals surface area contributed by atoms with Gasteiger partial charge in [-0.15, -0.1) is 24.0 Å². The van der Waals surface area contributed by atoms with Crippen molar-refractivity contribution in [3.05, 3.63) is 54.5 Å². The van der Waals surface area contributed by atoms with Crippen molar-refractivity contribution in [1.82, 2.24) is 10.2 Å². The average Bonchev–Trinajstić information content (AvgIpc) is 3.19. The van der Waals surface area contributed by atoms with Crippen molar-refractivity contribution in [2.24, 2.45) is 10.9 Å². The van der Waals surface area contributed by atoms with Gasteiger partial charge >= 0.3 is 0 Å². The van der Waals surface area contributed by atoms with E-state index in [0.29, 0.717) is 5.92 Å². The van der Waals surface area contributed by atoms with Gasteiger partial charge in [0, 0.05) is 45.4 Å². The quantitative estimate of drug-likeness (QED) is 0.346. The van der Waals surface area contributed by atoms with Gasteiger partial charge in [-0.25, -0.2) is 0 Å². The van der Waals surface area contributed by atoms with Crippen molar-refractivity contribution in [2.45, 2.75) is 39.2 Å². The molecule has 0 amide bonds. The number of aliphatic imine (C=N–C) groups is 1. The summed E-state index contributed by atoms with van der Waals surface area (Å²) in [6, 6.07) is 14.0. The van der Waals surface area contributed by atoms with E-state index in [9.17, 15) is 0 Å². The minimum atomic E-state index is 0. The van der Waals surface area contributed by atoms with E-state index in [1.54, 1.807) is 6.26 Å². The summed E-state index contributed by atoms with van der Waals surface area (Å²) < 4.78 is 11.5. The molecule has 0 aliphatic carbocycles. The number of piperidine rings is 1. The standard InChI is InChI=1S/C22H31N3O2.HI/c1-18(2)17-24-22(23-13-10-19-9-6-16-26-19)25-14-11-21(12-15-25)27-20-7-4-3-5-8-20;/h3-9,16,18,21H,10-15,17H2,1-2H3,(H,23,24);1H. The van der Waals surface area contributed by atoms with Crippen LogP contribution in [0.25, 0.3) is 0 Å². The topological polar surface area (TPSA) is 50.0 Å². The Hall–Kier alpha value is -1.70. The molecule has 1 aromatic carbocycles. The molecule has 3 rings (SSSR count). The molecule has 28 heavy (non-hydrogen) atoms. The van der Waals surface area contributed by atoms with Gasteiger partial charge in [-0.3, -0.25) is 4.99 Å². The normalized spacial score (nSPS) is 15.4. The number of nitrogens with zero attached hydrogens (tertiary/aromatic N) is 2. The lowest BCUT2D eigenvalue weighted by Gasteiger charge is -2.34. The van der Waals surface area contributed by atoms with Gasteiger partial charge in [0.15, 0.2) is 5.96 Å². The first kappa shape index (κ1) is 22.6. The van der Waals surface area contributed by atoms with E-state index in [1.807, 2.05) is 42.5 Å². The number of ether oxygens (including phenoxy) is 1. The van der Waals surface area contributed by atoms with Gasteiger partial charge in [0.05, 0.1) is 6.26 Å². The molecule has 1 saturated heterocycles. The summed E-state index contributed by atoms with van der Waals surface area (Å²) in [6.07, 6.45) is 4.88. The number of nitrogens with one attached hydrogen (secondary N) is 1. The molecule has 0 radical (unpaired) electrons. The summed E-state index contributed by atoms with van der Waals surface area (Å²) in [6.45, 7) is 7.98. The van der Waals surface area contributed by atoms with Crippen LogP contribution >= 0.6 is 24.0 Å². The van der Waals surface area contributed by atoms with Crippen LogP contribution in [0, 0.1) is 5.92 Å². The minimum absolute atomic E-state index is 0. The Morgan fingerprint density at radius 2 is 1.93 bits per heavy atom. The van der Waals surface area contributed by atoms with E-state index < -0.39 is 0 Å². The largest absolute Gasteiger partial charge is 0.490 e. The molecular formula is C22H32IN3O2. The summed E-state index contributed by atoms with van der Waals surface area (Å²) in [4.78, 5) is 7.19. The van der Waals surface area contributed by atoms with Crippen molar-refractivity contribution in [3.63, 3.8) is 0 Å². The fourth-order valence-electron chi connectivity index (χ4n) is 3.17. The lowest BCUT2D eigenvalue weighted by atomic mass is 10.1. The van der Waals surface area contributed by atoms with Crippen LogP contribution in [0.2, 0.25) is 0 Å². The SMILES string of the molecule is CC(C)CN=C(NCCc1ccco1)N1CCC(Oc2ccccc2)CC1.I. The number of benzene rings is 1. The third-order valence-electron chi connectivity index (χ3n) is 4.63. The molecule has 1 aromatic heterocycles. The third kappa shape index (κ3) is 7.37. The maximum absolute atomic E-state index is 6.11. The number of halogens is 1. The molecule has 0 saturated carbocycles. The Labute approximate surface area is 185 Å². The molecule has 0 bridgehead atoms. The first-order valence-electron chi connectivity index (χ1n) is 9.98. The molecule has 0 spiro atoms. The van der Waals surface area contributed by atoms with Crippen LogP contribution < -0.4 is 10.1 Å². The van der Waals surface area contributed by atoms with Gasteiger partial charge in [0.25, 0.3) is 0 Å². The summed E-state index contributed by atoms with van der Waals surface area (Å²) in [5, 5.41) is 3.52. The van der Waals surface area contributed by atoms with Gasteiger partial charge in [-0.05, 0) is 30.2 Å². The number of guanidine groups is 1. The summed E-state index contributed by atoms with van der Waals surface area (Å²) in [5.74, 6) is 3.51. The molecule has 0 unspecified atom stereocenters. The van der Waals surface area contributed by atoms with E-state index in [0.717, 1.165) is 62.9 Å². The molecule has 5 nitrogen and oxygen atoms in total. The number of hydrogen-bond acceptors (Lipinski definition) is 3. The van der Waals surface area contributed by atoms with Crippen LogP contribution in [0.4, 0.5) is 0 Å². The van der Waals surface area contributed by atoms with Crippen LogP contribution in [-0.2, 0) is 6.42 Å². The summed E-state index contributed by atoms with van der Waals surface area (Å²) >= 11 is 0. The molecular weight excluding hydrogens is 465 g/mol. The Balaban J connectivity index is 0.00000280. The van der Waals surface area contributed by atoms with Crippen LogP contribution in [-0.4, -0.2) is 43.1 Å². The van der Waals surface area contributed by atoms with Crippen LogP contribution in [0.15, 0.2) is 58.1 Å². The molecule has 2 heterocycles. The molecule has 2 aromatic rings. The second-order valence-corrected chi connectivity index (χ2v) is 7.43. The van der Waals surface area contributed by atoms with Crippen LogP contribution in [0.3, 0.4) is 0 Å². The number of furan rings is 1. The highest BCUT2D eigenvalue weighted by molar-refractivity contribution is 14.0. The molecule has 1 fully saturated rings. The lowest BCUT2D eigenvalue weighted by Crippen LogP contribution is -2.48. The number of likely N-dealkylation sites (tertiary alicyclic amines) is 1. The molecule has 154 valence electrons. The van der Waals surface area contributed by atoms with E-state index in [2.05, 4.69) is 24.1 Å². The molecule has 6 heteroatoms. The second-order valence-electron chi connectivity index (χ2n) is 7.43. The van der Waals surface area contributed by atoms with Crippen molar-refractivity contribution in [1.29, 1.82) is 0 Å². The fourth-order valence-corrected chi connectivity index (χ4v) is 3.17. The highest BCUT2D eigenvalue weighted by atomic mass is 127. The number of rotatable bonds is 7. The second kappa shape index (κ2) is 12.0. The van der Waals surface area contributed by atoms with E-state index in [4.69, 9.17) is 14.1 Å². The minimum Gasteiger partial charge on any atom is -0.490 e. The van der Waals surface area contributed by atoms with Crippen molar-refractivity contribution >= 4 is 29.9 Å². The zero-order chi connectivity index (χ0) is 18.9. The molecule has 1 aliphatic rings. The molecule has 1 aliphatic heterocycles. The predicted octanol–water partition coefficient (Wildman–Crippen LogP) is 4.59. The first-order chi connectivity index (χ1) is 13.2. The van der Waals surface area contributed by atoms with Gasteiger partial charge in [0.2, 0.25) is 0 Å². The van der Waals surface area contributed by atoms with E-state index in [1.165, 1.54) is 0 Å². The Bertz CT molecular complexity index is 681. The Kier molecular flexibility index (Phi) is 9.67. The molecule has 1 N–H and O–H groups in total. The maximum Gasteiger partial charge on any atom is 0.193 e. The van der Waals surface area contributed by atoms with E-state index in [-0.39, 0.29) is 30.1 Å². The van der Waals surface area contributed by atoms with Gasteiger partial charge in [-0.1, -0.05) is 32.0 Å². The monoisotopic (exact) mass is 497 g/mol. The number of para-hydroxylation sites is 1. The fraction of sp³-hybridized carbons (Fsp3) is 0.500. The highest BCUT2D eigenvalue weighted by Gasteiger charge is 2.23. The van der Waals surface area contributed by atoms with Crippen LogP contribution in [0.1, 0.15) is 32.4 Å². The zero-order valence-corrected chi connectivity index (χ0v) is 19.2. The van der Waals surface area contributed by atoms with Crippen LogP contribution in [0.5, 0.6) is 5.75 Å². The van der Waals surface area contributed by atoms with Gasteiger partial charge in [-0.2, -0.15) is 0 Å². The maximum atomic E-state index is 6.11. The smallest absolute Gasteiger partial charge is 0.193 e. The van der Waals surface area contributed by atoms with Crippen molar-refractivity contribution in [3.8, 4) is 5.75 Å². The van der Waals surface area contributed by atoms with Gasteiger partial charge in [0.1, 0.15) is 17.6 Å². The summed E-state index contributed by atoms with van der Waals surface area (Å²) in [7, 11) is 0. The Morgan fingerprint density at radius 1 is 1.18 bits per heavy atom. The average molecular weight is 497 g/mol. The Morgan fingerprint density at radius 3 is 2.57 bits per heavy atom. The highest BCUT2D eigenvalue weighted by Crippen LogP contribution is 2.18. The number of hydrogen-bond donors (Lipinski definition) is 1. The van der Waals surface area contributed by atoms with Crippen molar-refractivity contribution < 1.29 is 9.15 Å². The van der Waals surface area contributed by atoms with Crippen molar-refractivity contribution in [2.75, 3.05) is 26.2 Å². The predicted molar refractivity (Wildman–Crippen MR) is 125 cm³/mol.